The Hall–Kier alpha value is -1.32. The molecule has 1 aromatic carbocycles. The summed E-state index contributed by atoms with van der Waals surface area (Å²) in [6, 6.07) is 5.57. The minimum atomic E-state index is 0.643. The van der Waals surface area contributed by atoms with Crippen molar-refractivity contribution in [1.29, 1.82) is 0 Å². The van der Waals surface area contributed by atoms with E-state index in [1.807, 2.05) is 26.0 Å². The SMILES string of the molecule is CCCNc1nc(C)nc(C)c1Cc1ccc(Cl)cc1Cl. The highest BCUT2D eigenvalue weighted by Crippen LogP contribution is 2.26. The summed E-state index contributed by atoms with van der Waals surface area (Å²) in [5, 5.41) is 4.69. The molecule has 0 spiro atoms. The zero-order valence-corrected chi connectivity index (χ0v) is 14.0. The Balaban J connectivity index is 2.37. The maximum atomic E-state index is 6.27. The van der Waals surface area contributed by atoms with Crippen LogP contribution in [0.2, 0.25) is 10.0 Å². The van der Waals surface area contributed by atoms with Gasteiger partial charge in [0.25, 0.3) is 0 Å². The van der Waals surface area contributed by atoms with Crippen LogP contribution in [0.1, 0.15) is 36.0 Å². The topological polar surface area (TPSA) is 37.8 Å². The molecule has 0 aliphatic carbocycles. The summed E-state index contributed by atoms with van der Waals surface area (Å²) in [4.78, 5) is 8.99. The van der Waals surface area contributed by atoms with Crippen LogP contribution in [0.5, 0.6) is 0 Å². The van der Waals surface area contributed by atoms with Crippen molar-refractivity contribution in [3.63, 3.8) is 0 Å². The molecule has 0 aliphatic rings. The van der Waals surface area contributed by atoms with Gasteiger partial charge in [-0.25, -0.2) is 9.97 Å². The molecule has 0 aliphatic heterocycles. The van der Waals surface area contributed by atoms with Gasteiger partial charge in [-0.3, -0.25) is 0 Å². The number of benzene rings is 1. The third kappa shape index (κ3) is 4.08. The lowest BCUT2D eigenvalue weighted by Gasteiger charge is -2.14. The Kier molecular flexibility index (Phi) is 5.43. The minimum absolute atomic E-state index is 0.643. The molecule has 3 nitrogen and oxygen atoms in total. The molecule has 0 fully saturated rings. The molecular weight excluding hydrogens is 305 g/mol. The van der Waals surface area contributed by atoms with Crippen LogP contribution in [0.4, 0.5) is 5.82 Å². The van der Waals surface area contributed by atoms with E-state index >= 15 is 0 Å². The van der Waals surface area contributed by atoms with Gasteiger partial charge < -0.3 is 5.32 Å². The predicted octanol–water partition coefficient (Wildman–Crippen LogP) is 4.81. The zero-order valence-electron chi connectivity index (χ0n) is 12.5. The van der Waals surface area contributed by atoms with E-state index in [4.69, 9.17) is 23.2 Å². The number of aryl methyl sites for hydroxylation is 2. The first-order chi connectivity index (χ1) is 10.0. The summed E-state index contributed by atoms with van der Waals surface area (Å²) in [6.45, 7) is 6.93. The lowest BCUT2D eigenvalue weighted by atomic mass is 10.0. The summed E-state index contributed by atoms with van der Waals surface area (Å²) in [6.07, 6.45) is 1.73. The van der Waals surface area contributed by atoms with Crippen molar-refractivity contribution in [3.8, 4) is 0 Å². The highest BCUT2D eigenvalue weighted by molar-refractivity contribution is 6.35. The number of nitrogens with zero attached hydrogens (tertiary/aromatic N) is 2. The Labute approximate surface area is 135 Å². The van der Waals surface area contributed by atoms with Crippen LogP contribution in [0.3, 0.4) is 0 Å². The number of halogens is 2. The molecular formula is C16H19Cl2N3. The van der Waals surface area contributed by atoms with Crippen molar-refractivity contribution in [2.24, 2.45) is 0 Å². The van der Waals surface area contributed by atoms with Gasteiger partial charge >= 0.3 is 0 Å². The van der Waals surface area contributed by atoms with E-state index in [0.29, 0.717) is 16.5 Å². The Morgan fingerprint density at radius 2 is 1.90 bits per heavy atom. The number of hydrogen-bond acceptors (Lipinski definition) is 3. The van der Waals surface area contributed by atoms with Crippen LogP contribution in [-0.2, 0) is 6.42 Å². The van der Waals surface area contributed by atoms with Crippen molar-refractivity contribution in [2.45, 2.75) is 33.6 Å². The monoisotopic (exact) mass is 323 g/mol. The smallest absolute Gasteiger partial charge is 0.133 e. The van der Waals surface area contributed by atoms with Gasteiger partial charge in [0.05, 0.1) is 0 Å². The molecule has 1 N–H and O–H groups in total. The van der Waals surface area contributed by atoms with Crippen LogP contribution in [-0.4, -0.2) is 16.5 Å². The Morgan fingerprint density at radius 1 is 1.14 bits per heavy atom. The molecule has 0 bridgehead atoms. The molecule has 112 valence electrons. The fourth-order valence-electron chi connectivity index (χ4n) is 2.19. The second-order valence-corrected chi connectivity index (χ2v) is 5.87. The molecule has 0 amide bonds. The first kappa shape index (κ1) is 16.1. The van der Waals surface area contributed by atoms with Crippen molar-refractivity contribution >= 4 is 29.0 Å². The second kappa shape index (κ2) is 7.10. The molecule has 0 atom stereocenters. The van der Waals surface area contributed by atoms with Gasteiger partial charge in [0.15, 0.2) is 0 Å². The number of hydrogen-bond donors (Lipinski definition) is 1. The summed E-state index contributed by atoms with van der Waals surface area (Å²) < 4.78 is 0. The summed E-state index contributed by atoms with van der Waals surface area (Å²) in [5.41, 5.74) is 3.08. The highest BCUT2D eigenvalue weighted by Gasteiger charge is 2.12. The number of rotatable bonds is 5. The fourth-order valence-corrected chi connectivity index (χ4v) is 2.67. The van der Waals surface area contributed by atoms with Crippen LogP contribution < -0.4 is 5.32 Å². The van der Waals surface area contributed by atoms with Gasteiger partial charge in [0.1, 0.15) is 11.6 Å². The van der Waals surface area contributed by atoms with E-state index in [1.165, 1.54) is 0 Å². The third-order valence-electron chi connectivity index (χ3n) is 3.25. The van der Waals surface area contributed by atoms with Gasteiger partial charge in [-0.2, -0.15) is 0 Å². The number of nitrogens with one attached hydrogen (secondary N) is 1. The molecule has 1 heterocycles. The van der Waals surface area contributed by atoms with E-state index in [9.17, 15) is 0 Å². The number of anilines is 1. The van der Waals surface area contributed by atoms with Crippen LogP contribution in [0.15, 0.2) is 18.2 Å². The quantitative estimate of drug-likeness (QED) is 0.857. The molecule has 0 unspecified atom stereocenters. The van der Waals surface area contributed by atoms with E-state index in [-0.39, 0.29) is 0 Å². The standard InChI is InChI=1S/C16H19Cl2N3/c1-4-7-19-16-14(10(2)20-11(3)21-16)8-12-5-6-13(17)9-15(12)18/h5-6,9H,4,7-8H2,1-3H3,(H,19,20,21). The lowest BCUT2D eigenvalue weighted by Crippen LogP contribution is -2.10. The average Bonchev–Trinajstić information content (AvgIpc) is 2.42. The summed E-state index contributed by atoms with van der Waals surface area (Å²) >= 11 is 12.2. The molecule has 2 aromatic rings. The van der Waals surface area contributed by atoms with E-state index in [0.717, 1.165) is 41.4 Å². The largest absolute Gasteiger partial charge is 0.370 e. The molecule has 0 saturated heterocycles. The third-order valence-corrected chi connectivity index (χ3v) is 3.84. The minimum Gasteiger partial charge on any atom is -0.370 e. The van der Waals surface area contributed by atoms with Gasteiger partial charge in [-0.1, -0.05) is 36.2 Å². The highest BCUT2D eigenvalue weighted by atomic mass is 35.5. The molecule has 5 heteroatoms. The maximum absolute atomic E-state index is 6.27. The van der Waals surface area contributed by atoms with Crippen molar-refractivity contribution in [3.05, 3.63) is 50.9 Å². The average molecular weight is 324 g/mol. The summed E-state index contributed by atoms with van der Waals surface area (Å²) in [7, 11) is 0. The Morgan fingerprint density at radius 3 is 2.57 bits per heavy atom. The Bertz CT molecular complexity index is 642. The summed E-state index contributed by atoms with van der Waals surface area (Å²) in [5.74, 6) is 1.67. The van der Waals surface area contributed by atoms with Gasteiger partial charge in [0.2, 0.25) is 0 Å². The molecule has 0 saturated carbocycles. The first-order valence-electron chi connectivity index (χ1n) is 7.03. The predicted molar refractivity (Wildman–Crippen MR) is 89.6 cm³/mol. The van der Waals surface area contributed by atoms with Crippen LogP contribution >= 0.6 is 23.2 Å². The molecule has 0 radical (unpaired) electrons. The van der Waals surface area contributed by atoms with Crippen molar-refractivity contribution in [1.82, 2.24) is 9.97 Å². The zero-order chi connectivity index (χ0) is 15.4. The van der Waals surface area contributed by atoms with Crippen molar-refractivity contribution < 1.29 is 0 Å². The second-order valence-electron chi connectivity index (χ2n) is 5.02. The van der Waals surface area contributed by atoms with Crippen LogP contribution in [0.25, 0.3) is 0 Å². The van der Waals surface area contributed by atoms with Gasteiger partial charge in [-0.05, 0) is 38.0 Å². The molecule has 21 heavy (non-hydrogen) atoms. The van der Waals surface area contributed by atoms with E-state index in [1.54, 1.807) is 6.07 Å². The molecule has 1 aromatic heterocycles. The van der Waals surface area contributed by atoms with Gasteiger partial charge in [0, 0.05) is 34.3 Å². The van der Waals surface area contributed by atoms with Crippen LogP contribution in [0, 0.1) is 13.8 Å². The molecule has 2 rings (SSSR count). The normalized spacial score (nSPS) is 10.7. The van der Waals surface area contributed by atoms with Crippen molar-refractivity contribution in [2.75, 3.05) is 11.9 Å². The lowest BCUT2D eigenvalue weighted by molar-refractivity contribution is 0.920. The maximum Gasteiger partial charge on any atom is 0.133 e. The van der Waals surface area contributed by atoms with Gasteiger partial charge in [-0.15, -0.1) is 0 Å². The van der Waals surface area contributed by atoms with E-state index < -0.39 is 0 Å². The fraction of sp³-hybridized carbons (Fsp3) is 0.375. The number of aromatic nitrogens is 2. The first-order valence-corrected chi connectivity index (χ1v) is 7.78. The van der Waals surface area contributed by atoms with E-state index in [2.05, 4.69) is 22.2 Å².